The van der Waals surface area contributed by atoms with Gasteiger partial charge in [0.1, 0.15) is 5.82 Å². The van der Waals surface area contributed by atoms with E-state index >= 15 is 0 Å². The summed E-state index contributed by atoms with van der Waals surface area (Å²) in [7, 11) is 0. The van der Waals surface area contributed by atoms with Gasteiger partial charge >= 0.3 is 0 Å². The molecule has 0 unspecified atom stereocenters. The Morgan fingerprint density at radius 3 is 2.07 bits per heavy atom. The summed E-state index contributed by atoms with van der Waals surface area (Å²) in [5.41, 5.74) is 3.18. The second-order valence-electron chi connectivity index (χ2n) is 7.71. The molecule has 2 aliphatic rings. The first-order valence-corrected chi connectivity index (χ1v) is 10.1. The van der Waals surface area contributed by atoms with Crippen LogP contribution in [-0.4, -0.2) is 37.0 Å². The number of benzene rings is 2. The van der Waals surface area contributed by atoms with Gasteiger partial charge in [-0.25, -0.2) is 4.39 Å². The molecule has 0 spiro atoms. The van der Waals surface area contributed by atoms with Gasteiger partial charge in [0.15, 0.2) is 0 Å². The van der Waals surface area contributed by atoms with Gasteiger partial charge in [0.25, 0.3) is 5.91 Å². The average Bonchev–Trinajstić information content (AvgIpc) is 2.75. The lowest BCUT2D eigenvalue weighted by Gasteiger charge is -2.36. The van der Waals surface area contributed by atoms with Crippen LogP contribution in [0.4, 0.5) is 10.1 Å². The molecule has 2 aromatic carbocycles. The maximum atomic E-state index is 13.1. The van der Waals surface area contributed by atoms with Crippen molar-refractivity contribution in [2.24, 2.45) is 0 Å². The molecule has 1 amide bonds. The van der Waals surface area contributed by atoms with Gasteiger partial charge in [-0.3, -0.25) is 4.79 Å². The van der Waals surface area contributed by atoms with Crippen LogP contribution >= 0.6 is 0 Å². The van der Waals surface area contributed by atoms with Gasteiger partial charge in [-0.05, 0) is 60.7 Å². The molecule has 4 heteroatoms. The predicted molar refractivity (Wildman–Crippen MR) is 107 cm³/mol. The van der Waals surface area contributed by atoms with E-state index in [1.165, 1.54) is 49.8 Å². The largest absolute Gasteiger partial charge is 0.368 e. The second-order valence-corrected chi connectivity index (χ2v) is 7.71. The summed E-state index contributed by atoms with van der Waals surface area (Å²) in [5, 5.41) is 0. The van der Waals surface area contributed by atoms with Crippen LogP contribution in [0, 0.1) is 5.82 Å². The van der Waals surface area contributed by atoms with Crippen LogP contribution in [-0.2, 0) is 0 Å². The van der Waals surface area contributed by atoms with Crippen molar-refractivity contribution in [2.45, 2.75) is 38.0 Å². The van der Waals surface area contributed by atoms with E-state index in [1.807, 2.05) is 17.0 Å². The van der Waals surface area contributed by atoms with Crippen molar-refractivity contribution in [3.05, 3.63) is 65.5 Å². The third kappa shape index (κ3) is 4.15. The number of carbonyl (C=O) groups is 1. The third-order valence-corrected chi connectivity index (χ3v) is 5.99. The lowest BCUT2D eigenvalue weighted by atomic mass is 9.84. The Labute approximate surface area is 160 Å². The normalized spacial score (nSPS) is 18.6. The van der Waals surface area contributed by atoms with Crippen molar-refractivity contribution >= 4 is 11.6 Å². The maximum absolute atomic E-state index is 13.1. The Bertz CT molecular complexity index is 758. The van der Waals surface area contributed by atoms with Crippen LogP contribution in [0.3, 0.4) is 0 Å². The summed E-state index contributed by atoms with van der Waals surface area (Å²) in [6.45, 7) is 2.94. The Hall–Kier alpha value is -2.36. The molecular formula is C23H27FN2O. The number of rotatable bonds is 3. The summed E-state index contributed by atoms with van der Waals surface area (Å²) < 4.78 is 13.1. The molecule has 2 fully saturated rings. The van der Waals surface area contributed by atoms with Gasteiger partial charge in [0.2, 0.25) is 0 Å². The minimum Gasteiger partial charge on any atom is -0.368 e. The van der Waals surface area contributed by atoms with E-state index in [1.54, 1.807) is 12.1 Å². The molecule has 1 heterocycles. The number of nitrogens with zero attached hydrogens (tertiary/aromatic N) is 2. The summed E-state index contributed by atoms with van der Waals surface area (Å²) in [5.74, 6) is 0.565. The highest BCUT2D eigenvalue weighted by Gasteiger charge is 2.23. The third-order valence-electron chi connectivity index (χ3n) is 5.99. The van der Waals surface area contributed by atoms with Crippen molar-refractivity contribution in [3.63, 3.8) is 0 Å². The van der Waals surface area contributed by atoms with Crippen molar-refractivity contribution in [2.75, 3.05) is 31.1 Å². The summed E-state index contributed by atoms with van der Waals surface area (Å²) in [6.07, 6.45) is 6.56. The molecule has 4 rings (SSSR count). The van der Waals surface area contributed by atoms with E-state index in [4.69, 9.17) is 0 Å². The molecule has 2 aromatic rings. The number of piperazine rings is 1. The molecule has 0 N–H and O–H groups in total. The Kier molecular flexibility index (Phi) is 5.42. The van der Waals surface area contributed by atoms with Crippen molar-refractivity contribution in [3.8, 4) is 0 Å². The SMILES string of the molecule is O=C(c1ccc(C2CCCCC2)cc1)N1CCN(c2ccc(F)cc2)CC1. The van der Waals surface area contributed by atoms with Crippen LogP contribution in [0.2, 0.25) is 0 Å². The smallest absolute Gasteiger partial charge is 0.253 e. The highest BCUT2D eigenvalue weighted by molar-refractivity contribution is 5.94. The Morgan fingerprint density at radius 2 is 1.44 bits per heavy atom. The molecule has 0 radical (unpaired) electrons. The molecular weight excluding hydrogens is 339 g/mol. The van der Waals surface area contributed by atoms with E-state index < -0.39 is 0 Å². The fourth-order valence-electron chi connectivity index (χ4n) is 4.34. The number of hydrogen-bond acceptors (Lipinski definition) is 2. The van der Waals surface area contributed by atoms with Crippen LogP contribution in [0.5, 0.6) is 0 Å². The molecule has 3 nitrogen and oxygen atoms in total. The van der Waals surface area contributed by atoms with E-state index in [9.17, 15) is 9.18 Å². The number of anilines is 1. The predicted octanol–water partition coefficient (Wildman–Crippen LogP) is 4.84. The lowest BCUT2D eigenvalue weighted by molar-refractivity contribution is 0.0747. The van der Waals surface area contributed by atoms with Crippen LogP contribution in [0.15, 0.2) is 48.5 Å². The van der Waals surface area contributed by atoms with Gasteiger partial charge < -0.3 is 9.80 Å². The van der Waals surface area contributed by atoms with Gasteiger partial charge in [-0.1, -0.05) is 31.4 Å². The van der Waals surface area contributed by atoms with E-state index in [2.05, 4.69) is 17.0 Å². The monoisotopic (exact) mass is 366 g/mol. The zero-order chi connectivity index (χ0) is 18.6. The molecule has 1 aliphatic heterocycles. The van der Waals surface area contributed by atoms with E-state index in [0.717, 1.165) is 24.3 Å². The first-order chi connectivity index (χ1) is 13.2. The fourth-order valence-corrected chi connectivity index (χ4v) is 4.34. The minimum atomic E-state index is -0.218. The molecule has 1 aliphatic carbocycles. The van der Waals surface area contributed by atoms with Crippen molar-refractivity contribution in [1.82, 2.24) is 4.90 Å². The standard InChI is InChI=1S/C23H27FN2O/c24-21-10-12-22(13-11-21)25-14-16-26(17-15-25)23(27)20-8-6-19(7-9-20)18-4-2-1-3-5-18/h6-13,18H,1-5,14-17H2. The van der Waals surface area contributed by atoms with Gasteiger partial charge in [0, 0.05) is 37.4 Å². The molecule has 27 heavy (non-hydrogen) atoms. The van der Waals surface area contributed by atoms with Crippen LogP contribution < -0.4 is 4.90 Å². The molecule has 1 saturated heterocycles. The first-order valence-electron chi connectivity index (χ1n) is 10.1. The highest BCUT2D eigenvalue weighted by atomic mass is 19.1. The highest BCUT2D eigenvalue weighted by Crippen LogP contribution is 2.32. The second kappa shape index (κ2) is 8.12. The molecule has 0 atom stereocenters. The van der Waals surface area contributed by atoms with Gasteiger partial charge in [0.05, 0.1) is 0 Å². The van der Waals surface area contributed by atoms with E-state index in [0.29, 0.717) is 19.0 Å². The van der Waals surface area contributed by atoms with Gasteiger partial charge in [-0.15, -0.1) is 0 Å². The van der Waals surface area contributed by atoms with E-state index in [-0.39, 0.29) is 11.7 Å². The minimum absolute atomic E-state index is 0.115. The molecule has 0 bridgehead atoms. The molecule has 142 valence electrons. The number of amides is 1. The quantitative estimate of drug-likeness (QED) is 0.776. The molecule has 0 aromatic heterocycles. The number of hydrogen-bond donors (Lipinski definition) is 0. The Balaban J connectivity index is 1.35. The lowest BCUT2D eigenvalue weighted by Crippen LogP contribution is -2.48. The fraction of sp³-hybridized carbons (Fsp3) is 0.435. The van der Waals surface area contributed by atoms with Gasteiger partial charge in [-0.2, -0.15) is 0 Å². The zero-order valence-electron chi connectivity index (χ0n) is 15.7. The average molecular weight is 366 g/mol. The topological polar surface area (TPSA) is 23.6 Å². The zero-order valence-corrected chi connectivity index (χ0v) is 15.7. The first kappa shape index (κ1) is 18.0. The van der Waals surface area contributed by atoms with Crippen molar-refractivity contribution in [1.29, 1.82) is 0 Å². The maximum Gasteiger partial charge on any atom is 0.253 e. The number of carbonyl (C=O) groups excluding carboxylic acids is 1. The summed E-state index contributed by atoms with van der Waals surface area (Å²) in [4.78, 5) is 17.0. The van der Waals surface area contributed by atoms with Crippen LogP contribution in [0.25, 0.3) is 0 Å². The summed E-state index contributed by atoms with van der Waals surface area (Å²) in [6, 6.07) is 14.9. The van der Waals surface area contributed by atoms with Crippen LogP contribution in [0.1, 0.15) is 53.9 Å². The summed E-state index contributed by atoms with van der Waals surface area (Å²) >= 11 is 0. The molecule has 1 saturated carbocycles. The number of halogens is 1. The Morgan fingerprint density at radius 1 is 0.815 bits per heavy atom. The van der Waals surface area contributed by atoms with Crippen molar-refractivity contribution < 1.29 is 9.18 Å².